The quantitative estimate of drug-likeness (QED) is 0.487. The van der Waals surface area contributed by atoms with Crippen molar-refractivity contribution in [1.29, 1.82) is 0 Å². The van der Waals surface area contributed by atoms with Gasteiger partial charge in [0.1, 0.15) is 0 Å². The molecule has 0 amide bonds. The van der Waals surface area contributed by atoms with E-state index >= 15 is 0 Å². The van der Waals surface area contributed by atoms with E-state index in [1.54, 1.807) is 12.1 Å². The van der Waals surface area contributed by atoms with E-state index in [1.807, 2.05) is 18.2 Å². The molecule has 0 spiro atoms. The standard InChI is InChI=1S/C11H5BrClIOS/c12-8-2-1-6(14)5-7(8)11(15)9-3-4-10(13)16-9/h1-5H. The van der Waals surface area contributed by atoms with E-state index in [2.05, 4.69) is 38.5 Å². The molecule has 0 fully saturated rings. The third-order valence-electron chi connectivity index (χ3n) is 1.97. The van der Waals surface area contributed by atoms with Gasteiger partial charge in [-0.2, -0.15) is 0 Å². The zero-order chi connectivity index (χ0) is 11.7. The van der Waals surface area contributed by atoms with E-state index < -0.39 is 0 Å². The second-order valence-corrected chi connectivity index (χ2v) is 6.87. The molecular formula is C11H5BrClIOS. The summed E-state index contributed by atoms with van der Waals surface area (Å²) in [5, 5.41) is 0. The van der Waals surface area contributed by atoms with Gasteiger partial charge >= 0.3 is 0 Å². The fraction of sp³-hybridized carbons (Fsp3) is 0. The van der Waals surface area contributed by atoms with E-state index in [1.165, 1.54) is 11.3 Å². The third kappa shape index (κ3) is 2.67. The van der Waals surface area contributed by atoms with Gasteiger partial charge in [-0.1, -0.05) is 27.5 Å². The number of hydrogen-bond acceptors (Lipinski definition) is 2. The van der Waals surface area contributed by atoms with Gasteiger partial charge in [-0.05, 0) is 52.9 Å². The van der Waals surface area contributed by atoms with E-state index in [9.17, 15) is 4.79 Å². The van der Waals surface area contributed by atoms with Gasteiger partial charge in [-0.15, -0.1) is 11.3 Å². The van der Waals surface area contributed by atoms with Crippen molar-refractivity contribution in [2.24, 2.45) is 0 Å². The Bertz CT molecular complexity index is 553. The van der Waals surface area contributed by atoms with Crippen LogP contribution in [0, 0.1) is 3.57 Å². The fourth-order valence-electron chi connectivity index (χ4n) is 1.24. The summed E-state index contributed by atoms with van der Waals surface area (Å²) in [6, 6.07) is 9.18. The lowest BCUT2D eigenvalue weighted by atomic mass is 10.1. The summed E-state index contributed by atoms with van der Waals surface area (Å²) in [7, 11) is 0. The number of rotatable bonds is 2. The Hall–Kier alpha value is 0.0900. The van der Waals surface area contributed by atoms with Crippen molar-refractivity contribution in [1.82, 2.24) is 0 Å². The highest BCUT2D eigenvalue weighted by Crippen LogP contribution is 2.27. The molecule has 0 bridgehead atoms. The number of benzene rings is 1. The van der Waals surface area contributed by atoms with Crippen LogP contribution in [-0.4, -0.2) is 5.78 Å². The van der Waals surface area contributed by atoms with Crippen LogP contribution in [0.1, 0.15) is 15.2 Å². The number of carbonyl (C=O) groups excluding carboxylic acids is 1. The molecule has 0 radical (unpaired) electrons. The summed E-state index contributed by atoms with van der Waals surface area (Å²) in [4.78, 5) is 12.8. The van der Waals surface area contributed by atoms with Gasteiger partial charge in [0, 0.05) is 13.6 Å². The molecule has 0 aliphatic heterocycles. The molecule has 1 aromatic heterocycles. The van der Waals surface area contributed by atoms with Crippen LogP contribution in [0.2, 0.25) is 4.34 Å². The first-order valence-corrected chi connectivity index (χ1v) is 7.39. The minimum Gasteiger partial charge on any atom is -0.288 e. The third-order valence-corrected chi connectivity index (χ3v) is 4.56. The van der Waals surface area contributed by atoms with Crippen molar-refractivity contribution in [2.45, 2.75) is 0 Å². The molecule has 2 aromatic rings. The smallest absolute Gasteiger partial charge is 0.204 e. The van der Waals surface area contributed by atoms with Gasteiger partial charge in [0.25, 0.3) is 0 Å². The van der Waals surface area contributed by atoms with E-state index in [0.29, 0.717) is 14.8 Å². The van der Waals surface area contributed by atoms with Gasteiger partial charge in [0.2, 0.25) is 5.78 Å². The normalized spacial score (nSPS) is 10.4. The predicted octanol–water partition coefficient (Wildman–Crippen LogP) is 5.00. The summed E-state index contributed by atoms with van der Waals surface area (Å²) in [5.41, 5.74) is 0.672. The second-order valence-electron chi connectivity index (χ2n) is 3.06. The molecule has 16 heavy (non-hydrogen) atoms. The molecule has 1 heterocycles. The van der Waals surface area contributed by atoms with Crippen LogP contribution in [0.4, 0.5) is 0 Å². The first-order valence-electron chi connectivity index (χ1n) is 4.33. The van der Waals surface area contributed by atoms with Gasteiger partial charge in [-0.25, -0.2) is 0 Å². The number of hydrogen-bond donors (Lipinski definition) is 0. The number of carbonyl (C=O) groups is 1. The van der Waals surface area contributed by atoms with E-state index in [4.69, 9.17) is 11.6 Å². The molecule has 0 saturated carbocycles. The Kier molecular flexibility index (Phi) is 4.05. The molecule has 1 nitrogen and oxygen atoms in total. The van der Waals surface area contributed by atoms with Crippen molar-refractivity contribution in [3.8, 4) is 0 Å². The molecule has 0 atom stereocenters. The van der Waals surface area contributed by atoms with Crippen molar-refractivity contribution < 1.29 is 4.79 Å². The highest BCUT2D eigenvalue weighted by atomic mass is 127. The summed E-state index contributed by atoms with van der Waals surface area (Å²) >= 11 is 12.7. The maximum absolute atomic E-state index is 12.2. The Labute approximate surface area is 124 Å². The zero-order valence-corrected chi connectivity index (χ0v) is 13.2. The lowest BCUT2D eigenvalue weighted by Crippen LogP contribution is -2.00. The highest BCUT2D eigenvalue weighted by Gasteiger charge is 2.14. The second kappa shape index (κ2) is 5.16. The van der Waals surface area contributed by atoms with Crippen LogP contribution in [0.15, 0.2) is 34.8 Å². The molecule has 0 unspecified atom stereocenters. The molecule has 0 aliphatic rings. The van der Waals surface area contributed by atoms with Gasteiger partial charge in [0.05, 0.1) is 9.21 Å². The molecule has 0 N–H and O–H groups in total. The van der Waals surface area contributed by atoms with Crippen molar-refractivity contribution in [2.75, 3.05) is 0 Å². The van der Waals surface area contributed by atoms with E-state index in [0.717, 1.165) is 8.04 Å². The Morgan fingerprint density at radius 3 is 2.69 bits per heavy atom. The Morgan fingerprint density at radius 1 is 1.31 bits per heavy atom. The van der Waals surface area contributed by atoms with Crippen LogP contribution in [-0.2, 0) is 0 Å². The minimum absolute atomic E-state index is 0.00212. The van der Waals surface area contributed by atoms with Gasteiger partial charge in [0.15, 0.2) is 0 Å². The van der Waals surface area contributed by atoms with Crippen LogP contribution < -0.4 is 0 Å². The monoisotopic (exact) mass is 426 g/mol. The minimum atomic E-state index is 0.00212. The van der Waals surface area contributed by atoms with Crippen molar-refractivity contribution >= 4 is 67.2 Å². The lowest BCUT2D eigenvalue weighted by Gasteiger charge is -2.02. The molecule has 82 valence electrons. The first-order chi connectivity index (χ1) is 7.58. The van der Waals surface area contributed by atoms with Crippen LogP contribution in [0.3, 0.4) is 0 Å². The summed E-state index contributed by atoms with van der Waals surface area (Å²) < 4.78 is 2.47. The number of halogens is 3. The van der Waals surface area contributed by atoms with Crippen LogP contribution in [0.5, 0.6) is 0 Å². The molecule has 2 rings (SSSR count). The first kappa shape index (κ1) is 12.5. The van der Waals surface area contributed by atoms with Crippen LogP contribution >= 0.6 is 61.5 Å². The summed E-state index contributed by atoms with van der Waals surface area (Å²) in [6.45, 7) is 0. The number of thiophene rings is 1. The molecule has 1 aromatic carbocycles. The highest BCUT2D eigenvalue weighted by molar-refractivity contribution is 14.1. The average Bonchev–Trinajstić information content (AvgIpc) is 2.67. The largest absolute Gasteiger partial charge is 0.288 e. The molecule has 0 saturated heterocycles. The summed E-state index contributed by atoms with van der Waals surface area (Å²) in [6.07, 6.45) is 0. The zero-order valence-electron chi connectivity index (χ0n) is 7.84. The average molecular weight is 427 g/mol. The fourth-order valence-corrected chi connectivity index (χ4v) is 3.16. The Balaban J connectivity index is 2.45. The molecule has 5 heteroatoms. The molecule has 0 aliphatic carbocycles. The Morgan fingerprint density at radius 2 is 2.06 bits per heavy atom. The van der Waals surface area contributed by atoms with Crippen molar-refractivity contribution in [3.63, 3.8) is 0 Å². The van der Waals surface area contributed by atoms with Crippen molar-refractivity contribution in [3.05, 3.63) is 53.2 Å². The molecular weight excluding hydrogens is 422 g/mol. The maximum atomic E-state index is 12.2. The number of ketones is 1. The van der Waals surface area contributed by atoms with Gasteiger partial charge in [-0.3, -0.25) is 4.79 Å². The predicted molar refractivity (Wildman–Crippen MR) is 79.6 cm³/mol. The van der Waals surface area contributed by atoms with Crippen LogP contribution in [0.25, 0.3) is 0 Å². The summed E-state index contributed by atoms with van der Waals surface area (Å²) in [5.74, 6) is 0.00212. The van der Waals surface area contributed by atoms with Gasteiger partial charge < -0.3 is 0 Å². The topological polar surface area (TPSA) is 17.1 Å². The lowest BCUT2D eigenvalue weighted by molar-refractivity contribution is 0.104. The SMILES string of the molecule is O=C(c1ccc(Cl)s1)c1cc(I)ccc1Br. The maximum Gasteiger partial charge on any atom is 0.204 e. The van der Waals surface area contributed by atoms with E-state index in [-0.39, 0.29) is 5.78 Å².